The molecule has 0 radical (unpaired) electrons. The Balaban J connectivity index is 1.73. The van der Waals surface area contributed by atoms with E-state index in [9.17, 15) is 9.32 Å². The Labute approximate surface area is 220 Å². The second-order valence-electron chi connectivity index (χ2n) is 8.57. The second kappa shape index (κ2) is 13.2. The number of anilines is 2. The van der Waals surface area contributed by atoms with Gasteiger partial charge in [-0.3, -0.25) is 4.94 Å². The fraction of sp³-hybridized carbons (Fsp3) is 0.296. The number of halogens is 1. The van der Waals surface area contributed by atoms with E-state index in [0.717, 1.165) is 29.2 Å². The van der Waals surface area contributed by atoms with Crippen molar-refractivity contribution in [3.05, 3.63) is 89.7 Å². The van der Waals surface area contributed by atoms with E-state index in [1.807, 2.05) is 60.3 Å². The van der Waals surface area contributed by atoms with Crippen molar-refractivity contribution in [1.29, 1.82) is 0 Å². The highest BCUT2D eigenvalue weighted by molar-refractivity contribution is 8.03. The molecule has 6 nitrogen and oxygen atoms in total. The number of hydrogen-bond acceptors (Lipinski definition) is 8. The van der Waals surface area contributed by atoms with Crippen LogP contribution in [0.25, 0.3) is 0 Å². The van der Waals surface area contributed by atoms with Gasteiger partial charge in [0, 0.05) is 47.5 Å². The molecule has 2 heterocycles. The number of rotatable bonds is 13. The second-order valence-corrected chi connectivity index (χ2v) is 11.3. The quantitative estimate of drug-likeness (QED) is 0.198. The molecule has 0 aliphatic heterocycles. The third kappa shape index (κ3) is 7.93. The number of nitrogens with one attached hydrogen (secondary N) is 1. The summed E-state index contributed by atoms with van der Waals surface area (Å²) in [6.45, 7) is 10.6. The van der Waals surface area contributed by atoms with Crippen molar-refractivity contribution >= 4 is 40.6 Å². The van der Waals surface area contributed by atoms with E-state index < -0.39 is 10.7 Å². The number of pyridine rings is 1. The molecular formula is C27H31FN4O2S2. The van der Waals surface area contributed by atoms with Crippen LogP contribution in [0.5, 0.6) is 0 Å². The molecule has 3 rings (SSSR count). The zero-order valence-electron chi connectivity index (χ0n) is 20.7. The maximum atomic E-state index is 12.4. The first-order valence-electron chi connectivity index (χ1n) is 11.6. The van der Waals surface area contributed by atoms with Crippen molar-refractivity contribution in [1.82, 2.24) is 9.97 Å². The van der Waals surface area contributed by atoms with E-state index in [0.29, 0.717) is 23.8 Å². The Morgan fingerprint density at radius 3 is 2.69 bits per heavy atom. The highest BCUT2D eigenvalue weighted by Crippen LogP contribution is 2.35. The zero-order chi connectivity index (χ0) is 26.0. The third-order valence-corrected chi connectivity index (χ3v) is 7.61. The maximum Gasteiger partial charge on any atom is 0.364 e. The fourth-order valence-corrected chi connectivity index (χ4v) is 5.49. The minimum atomic E-state index is -1.06. The molecule has 190 valence electrons. The maximum absolute atomic E-state index is 12.4. The lowest BCUT2D eigenvalue weighted by molar-refractivity contribution is -0.185. The van der Waals surface area contributed by atoms with Gasteiger partial charge in [-0.25, -0.2) is 14.8 Å². The van der Waals surface area contributed by atoms with E-state index >= 15 is 0 Å². The fourth-order valence-electron chi connectivity index (χ4n) is 3.24. The Hall–Kier alpha value is -3.17. The van der Waals surface area contributed by atoms with Crippen molar-refractivity contribution in [2.45, 2.75) is 42.7 Å². The number of hydrogen-bond donors (Lipinski definition) is 1. The molecule has 2 aromatic heterocycles. The number of benzene rings is 1. The van der Waals surface area contributed by atoms with Gasteiger partial charge in [0.25, 0.3) is 0 Å². The molecule has 0 spiro atoms. The lowest BCUT2D eigenvalue weighted by atomic mass is 10.2. The van der Waals surface area contributed by atoms with Crippen LogP contribution in [0, 0.1) is 0 Å². The predicted molar refractivity (Wildman–Crippen MR) is 147 cm³/mol. The number of carbonyl (C=O) groups is 1. The molecule has 0 bridgehead atoms. The summed E-state index contributed by atoms with van der Waals surface area (Å²) in [7, 11) is 0. The van der Waals surface area contributed by atoms with Crippen LogP contribution in [0.4, 0.5) is 16.0 Å². The van der Waals surface area contributed by atoms with Gasteiger partial charge in [0.05, 0.1) is 5.69 Å². The van der Waals surface area contributed by atoms with Gasteiger partial charge in [0.1, 0.15) is 10.6 Å². The summed E-state index contributed by atoms with van der Waals surface area (Å²) in [6.07, 6.45) is 7.31. The van der Waals surface area contributed by atoms with Gasteiger partial charge in [0.2, 0.25) is 0 Å². The Kier molecular flexibility index (Phi) is 10.1. The van der Waals surface area contributed by atoms with Gasteiger partial charge in [-0.1, -0.05) is 55.6 Å². The SMILES string of the molecule is C=C/C(=C\Nc1ccccc1)CN(CCc1csc(SC(C)(C)C(=O)OF)n1)c1ccc(CC)cn1. The first kappa shape index (κ1) is 27.4. The molecule has 0 saturated heterocycles. The summed E-state index contributed by atoms with van der Waals surface area (Å²) < 4.78 is 12.0. The Bertz CT molecular complexity index is 1160. The van der Waals surface area contributed by atoms with Gasteiger partial charge in [-0.2, -0.15) is 0 Å². The van der Waals surface area contributed by atoms with Crippen molar-refractivity contribution < 1.29 is 14.3 Å². The molecule has 0 amide bonds. The van der Waals surface area contributed by atoms with Crippen LogP contribution in [0.1, 0.15) is 32.0 Å². The minimum absolute atomic E-state index is 0.614. The smallest absolute Gasteiger partial charge is 0.361 e. The van der Waals surface area contributed by atoms with E-state index in [1.54, 1.807) is 13.8 Å². The molecule has 36 heavy (non-hydrogen) atoms. The van der Waals surface area contributed by atoms with Crippen LogP contribution in [-0.2, 0) is 22.6 Å². The molecular weight excluding hydrogens is 495 g/mol. The molecule has 0 saturated carbocycles. The van der Waals surface area contributed by atoms with Crippen LogP contribution in [0.3, 0.4) is 0 Å². The molecule has 0 aliphatic rings. The molecule has 9 heteroatoms. The average molecular weight is 527 g/mol. The number of carbonyl (C=O) groups excluding carboxylic acids is 1. The highest BCUT2D eigenvalue weighted by Gasteiger charge is 2.33. The van der Waals surface area contributed by atoms with Gasteiger partial charge >= 0.3 is 5.97 Å². The van der Waals surface area contributed by atoms with Gasteiger partial charge in [-0.05, 0) is 49.6 Å². The lowest BCUT2D eigenvalue weighted by Gasteiger charge is -2.24. The predicted octanol–water partition coefficient (Wildman–Crippen LogP) is 6.63. The Morgan fingerprint density at radius 2 is 2.06 bits per heavy atom. The van der Waals surface area contributed by atoms with Crippen molar-refractivity contribution in [2.24, 2.45) is 0 Å². The molecule has 3 aromatic rings. The third-order valence-electron chi connectivity index (χ3n) is 5.45. The number of nitrogens with zero attached hydrogens (tertiary/aromatic N) is 3. The van der Waals surface area contributed by atoms with Gasteiger partial charge < -0.3 is 10.2 Å². The summed E-state index contributed by atoms with van der Waals surface area (Å²) in [5.74, 6) is -0.0545. The summed E-state index contributed by atoms with van der Waals surface area (Å²) in [6, 6.07) is 14.1. The van der Waals surface area contributed by atoms with Gasteiger partial charge in [-0.15, -0.1) is 11.3 Å². The van der Waals surface area contributed by atoms with E-state index in [4.69, 9.17) is 0 Å². The normalized spacial score (nSPS) is 11.7. The van der Waals surface area contributed by atoms with Crippen LogP contribution in [0.2, 0.25) is 0 Å². The van der Waals surface area contributed by atoms with Crippen LogP contribution >= 0.6 is 23.1 Å². The molecule has 0 aliphatic carbocycles. The van der Waals surface area contributed by atoms with Crippen LogP contribution in [0.15, 0.2) is 82.8 Å². The molecule has 0 unspecified atom stereocenters. The minimum Gasteiger partial charge on any atom is -0.361 e. The summed E-state index contributed by atoms with van der Waals surface area (Å²) >= 11 is 2.62. The first-order valence-corrected chi connectivity index (χ1v) is 13.3. The summed E-state index contributed by atoms with van der Waals surface area (Å²) in [5, 5.41) is 5.29. The van der Waals surface area contributed by atoms with Crippen LogP contribution in [-0.4, -0.2) is 33.8 Å². The largest absolute Gasteiger partial charge is 0.364 e. The number of thiazole rings is 1. The van der Waals surface area contributed by atoms with E-state index in [1.165, 1.54) is 28.7 Å². The summed E-state index contributed by atoms with van der Waals surface area (Å²) in [5.41, 5.74) is 4.09. The standard InChI is InChI=1S/C27H31FN4O2S2/c1-5-20-12-13-24(30-16-20)32(18-21(6-2)17-29-22-10-8-7-9-11-22)15-14-23-19-35-26(31-23)36-27(3,4)25(33)34-28/h6-13,16-17,19,29H,2,5,14-15,18H2,1,3-4H3/b21-17+. The van der Waals surface area contributed by atoms with Crippen LogP contribution < -0.4 is 10.2 Å². The Morgan fingerprint density at radius 1 is 1.28 bits per heavy atom. The highest BCUT2D eigenvalue weighted by atomic mass is 32.2. The number of para-hydroxylation sites is 1. The number of aromatic nitrogens is 2. The number of thioether (sulfide) groups is 1. The molecule has 0 fully saturated rings. The van der Waals surface area contributed by atoms with Crippen molar-refractivity contribution in [3.8, 4) is 0 Å². The average Bonchev–Trinajstić information content (AvgIpc) is 3.34. The first-order chi connectivity index (χ1) is 17.3. The van der Waals surface area contributed by atoms with Crippen molar-refractivity contribution in [3.63, 3.8) is 0 Å². The van der Waals surface area contributed by atoms with E-state index in [2.05, 4.69) is 44.7 Å². The zero-order valence-corrected chi connectivity index (χ0v) is 22.4. The van der Waals surface area contributed by atoms with E-state index in [-0.39, 0.29) is 0 Å². The molecule has 1 aromatic carbocycles. The molecule has 1 N–H and O–H groups in total. The topological polar surface area (TPSA) is 67.4 Å². The summed E-state index contributed by atoms with van der Waals surface area (Å²) in [4.78, 5) is 26.6. The molecule has 0 atom stereocenters. The number of aryl methyl sites for hydroxylation is 1. The van der Waals surface area contributed by atoms with Crippen molar-refractivity contribution in [2.75, 3.05) is 23.3 Å². The monoisotopic (exact) mass is 526 g/mol. The van der Waals surface area contributed by atoms with Gasteiger partial charge in [0.15, 0.2) is 4.34 Å². The lowest BCUT2D eigenvalue weighted by Crippen LogP contribution is -2.29.